The van der Waals surface area contributed by atoms with Gasteiger partial charge in [0.05, 0.1) is 0 Å². The van der Waals surface area contributed by atoms with Crippen molar-refractivity contribution in [3.8, 4) is 11.1 Å². The SMILES string of the molecule is CCCc1ccc2[cH-]c(CC(C)C)cc2c1-c1ccccc1CC.[Cl][Zr][Cl]. The standard InChI is InChI=1S/C24H29.2ClH.Zr/c1-5-9-20-12-13-21-15-18(14-17(3)4)16-23(21)24(20)22-11-8-7-10-19(22)6-2;;;/h7-8,10-13,15-17H,5-6,9,14H2,1-4H3;2*1H;/q-1;;;+2/p-2. The Labute approximate surface area is 183 Å². The van der Waals surface area contributed by atoms with Crippen molar-refractivity contribution < 1.29 is 20.8 Å². The molecule has 3 aromatic carbocycles. The molecule has 0 N–H and O–H groups in total. The van der Waals surface area contributed by atoms with Gasteiger partial charge in [0.15, 0.2) is 0 Å². The van der Waals surface area contributed by atoms with Gasteiger partial charge in [0.25, 0.3) is 0 Å². The molecule has 0 saturated carbocycles. The molecule has 0 spiro atoms. The summed E-state index contributed by atoms with van der Waals surface area (Å²) < 4.78 is 0. The van der Waals surface area contributed by atoms with Crippen LogP contribution in [0.25, 0.3) is 21.9 Å². The predicted octanol–water partition coefficient (Wildman–Crippen LogP) is 8.32. The first-order valence-electron chi connectivity index (χ1n) is 9.81. The predicted molar refractivity (Wildman–Crippen MR) is 119 cm³/mol. The van der Waals surface area contributed by atoms with Crippen LogP contribution < -0.4 is 0 Å². The molecule has 0 aromatic heterocycles. The molecular formula is C24H29Cl2Zr-. The Hall–Kier alpha value is -0.487. The van der Waals surface area contributed by atoms with Crippen LogP contribution in [0.15, 0.2) is 48.5 Å². The second-order valence-electron chi connectivity index (χ2n) is 7.40. The Morgan fingerprint density at radius 1 is 1.00 bits per heavy atom. The normalized spacial score (nSPS) is 10.8. The van der Waals surface area contributed by atoms with Crippen LogP contribution in [0.5, 0.6) is 0 Å². The van der Waals surface area contributed by atoms with Crippen LogP contribution in [0, 0.1) is 5.92 Å². The second-order valence-corrected chi connectivity index (χ2v) is 11.1. The molecule has 0 radical (unpaired) electrons. The van der Waals surface area contributed by atoms with Crippen molar-refractivity contribution in [3.63, 3.8) is 0 Å². The Bertz CT molecular complexity index is 849. The van der Waals surface area contributed by atoms with Gasteiger partial charge in [0, 0.05) is 0 Å². The van der Waals surface area contributed by atoms with E-state index in [0.29, 0.717) is 5.92 Å². The van der Waals surface area contributed by atoms with Crippen LogP contribution in [-0.2, 0) is 40.1 Å². The van der Waals surface area contributed by atoms with Gasteiger partial charge in [-0.25, -0.2) is 0 Å². The number of halogens is 2. The number of rotatable bonds is 6. The molecule has 3 aromatic rings. The van der Waals surface area contributed by atoms with Crippen LogP contribution in [0.3, 0.4) is 0 Å². The third-order valence-electron chi connectivity index (χ3n) is 4.87. The zero-order chi connectivity index (χ0) is 19.8. The van der Waals surface area contributed by atoms with Crippen LogP contribution in [0.4, 0.5) is 0 Å². The van der Waals surface area contributed by atoms with Crippen molar-refractivity contribution in [1.82, 2.24) is 0 Å². The maximum atomic E-state index is 4.93. The van der Waals surface area contributed by atoms with Gasteiger partial charge in [0.1, 0.15) is 0 Å². The fourth-order valence-corrected chi connectivity index (χ4v) is 3.85. The molecular weight excluding hydrogens is 450 g/mol. The van der Waals surface area contributed by atoms with Gasteiger partial charge in [-0.15, -0.1) is 34.5 Å². The Morgan fingerprint density at radius 2 is 1.70 bits per heavy atom. The first-order valence-corrected chi connectivity index (χ1v) is 16.1. The van der Waals surface area contributed by atoms with E-state index in [9.17, 15) is 0 Å². The molecule has 0 atom stereocenters. The molecule has 0 aliphatic carbocycles. The molecule has 144 valence electrons. The molecule has 27 heavy (non-hydrogen) atoms. The average Bonchev–Trinajstić information content (AvgIpc) is 3.04. The molecule has 3 rings (SSSR count). The van der Waals surface area contributed by atoms with E-state index in [-0.39, 0.29) is 0 Å². The summed E-state index contributed by atoms with van der Waals surface area (Å²) in [7, 11) is 9.87. The summed E-state index contributed by atoms with van der Waals surface area (Å²) in [5, 5.41) is 2.84. The molecule has 0 nitrogen and oxygen atoms in total. The molecule has 0 aliphatic rings. The molecule has 0 amide bonds. The summed E-state index contributed by atoms with van der Waals surface area (Å²) >= 11 is -0.826. The van der Waals surface area contributed by atoms with Gasteiger partial charge in [-0.2, -0.15) is 6.07 Å². The van der Waals surface area contributed by atoms with E-state index >= 15 is 0 Å². The molecule has 0 saturated heterocycles. The van der Waals surface area contributed by atoms with Crippen LogP contribution >= 0.6 is 17.0 Å². The van der Waals surface area contributed by atoms with Gasteiger partial charge >= 0.3 is 37.9 Å². The van der Waals surface area contributed by atoms with Crippen molar-refractivity contribution >= 4 is 27.8 Å². The summed E-state index contributed by atoms with van der Waals surface area (Å²) in [4.78, 5) is 0. The monoisotopic (exact) mass is 477 g/mol. The molecule has 0 bridgehead atoms. The summed E-state index contributed by atoms with van der Waals surface area (Å²) in [6.07, 6.45) is 4.57. The second kappa shape index (κ2) is 11.5. The van der Waals surface area contributed by atoms with E-state index in [2.05, 4.69) is 76.2 Å². The topological polar surface area (TPSA) is 0 Å². The molecule has 3 heteroatoms. The van der Waals surface area contributed by atoms with E-state index in [1.54, 1.807) is 0 Å². The van der Waals surface area contributed by atoms with Gasteiger partial charge in [-0.05, 0) is 36.3 Å². The molecule has 0 aliphatic heterocycles. The van der Waals surface area contributed by atoms with Crippen molar-refractivity contribution in [1.29, 1.82) is 0 Å². The Kier molecular flexibility index (Phi) is 9.71. The fourth-order valence-electron chi connectivity index (χ4n) is 3.85. The number of fused-ring (bicyclic) bond motifs is 1. The summed E-state index contributed by atoms with van der Waals surface area (Å²) in [5.74, 6) is 0.698. The zero-order valence-electron chi connectivity index (χ0n) is 16.8. The fraction of sp³-hybridized carbons (Fsp3) is 0.375. The number of aryl methyl sites for hydroxylation is 2. The van der Waals surface area contributed by atoms with E-state index in [1.807, 2.05) is 0 Å². The third-order valence-corrected chi connectivity index (χ3v) is 4.87. The number of benzene rings is 2. The van der Waals surface area contributed by atoms with Gasteiger partial charge in [0.2, 0.25) is 0 Å². The summed E-state index contributed by atoms with van der Waals surface area (Å²) in [5.41, 5.74) is 7.32. The summed E-state index contributed by atoms with van der Waals surface area (Å²) in [6.45, 7) is 9.13. The zero-order valence-corrected chi connectivity index (χ0v) is 20.8. The van der Waals surface area contributed by atoms with Crippen molar-refractivity contribution in [2.45, 2.75) is 53.4 Å². The van der Waals surface area contributed by atoms with Gasteiger partial charge in [-0.3, -0.25) is 0 Å². The number of hydrogen-bond acceptors (Lipinski definition) is 0. The minimum atomic E-state index is -0.826. The maximum absolute atomic E-state index is 4.93. The quantitative estimate of drug-likeness (QED) is 0.312. The van der Waals surface area contributed by atoms with E-state index in [0.717, 1.165) is 19.3 Å². The van der Waals surface area contributed by atoms with E-state index in [4.69, 9.17) is 17.0 Å². The average molecular weight is 480 g/mol. The van der Waals surface area contributed by atoms with Crippen molar-refractivity contribution in [3.05, 3.63) is 65.2 Å². The third kappa shape index (κ3) is 5.99. The van der Waals surface area contributed by atoms with Crippen molar-refractivity contribution in [2.24, 2.45) is 5.92 Å². The van der Waals surface area contributed by atoms with Crippen molar-refractivity contribution in [2.75, 3.05) is 0 Å². The Morgan fingerprint density at radius 3 is 2.33 bits per heavy atom. The molecule has 0 unspecified atom stereocenters. The van der Waals surface area contributed by atoms with E-state index in [1.165, 1.54) is 45.0 Å². The van der Waals surface area contributed by atoms with E-state index < -0.39 is 20.8 Å². The molecule has 0 fully saturated rings. The van der Waals surface area contributed by atoms with Crippen LogP contribution in [-0.4, -0.2) is 0 Å². The van der Waals surface area contributed by atoms with Gasteiger partial charge in [-0.1, -0.05) is 69.5 Å². The Balaban J connectivity index is 0.000000817. The number of hydrogen-bond donors (Lipinski definition) is 0. The first-order chi connectivity index (χ1) is 13.0. The first kappa shape index (κ1) is 22.8. The summed E-state index contributed by atoms with van der Waals surface area (Å²) in [6, 6.07) is 18.4. The van der Waals surface area contributed by atoms with Crippen LogP contribution in [0.1, 0.15) is 50.8 Å². The van der Waals surface area contributed by atoms with Gasteiger partial charge < -0.3 is 0 Å². The van der Waals surface area contributed by atoms with Crippen LogP contribution in [0.2, 0.25) is 0 Å². The molecule has 0 heterocycles. The minimum absolute atomic E-state index is 0.698.